The molecule has 0 aliphatic heterocycles. The number of carbonyl (C=O) groups excluding carboxylic acids is 1. The van der Waals surface area contributed by atoms with Gasteiger partial charge in [-0.2, -0.15) is 5.26 Å². The van der Waals surface area contributed by atoms with Gasteiger partial charge < -0.3 is 0 Å². The highest BCUT2D eigenvalue weighted by molar-refractivity contribution is 7.90. The average Bonchev–Trinajstić information content (AvgIpc) is 2.15. The van der Waals surface area contributed by atoms with Crippen LogP contribution in [0, 0.1) is 11.3 Å². The predicted octanol–water partition coefficient (Wildman–Crippen LogP) is 1.45. The molecule has 15 heavy (non-hydrogen) atoms. The quantitative estimate of drug-likeness (QED) is 0.582. The second-order valence-corrected chi connectivity index (χ2v) is 5.28. The van der Waals surface area contributed by atoms with E-state index in [0.717, 1.165) is 12.3 Å². The number of nitrogens with zero attached hydrogens (tertiary/aromatic N) is 1. The van der Waals surface area contributed by atoms with Gasteiger partial charge in [0.15, 0.2) is 9.84 Å². The molecule has 0 aromatic heterocycles. The summed E-state index contributed by atoms with van der Waals surface area (Å²) in [7, 11) is -3.35. The van der Waals surface area contributed by atoms with Gasteiger partial charge in [0.25, 0.3) is 5.78 Å². The van der Waals surface area contributed by atoms with Crippen molar-refractivity contribution < 1.29 is 13.2 Å². The molecule has 0 aliphatic carbocycles. The molecule has 4 nitrogen and oxygen atoms in total. The summed E-state index contributed by atoms with van der Waals surface area (Å²) in [6.07, 6.45) is 1.03. The molecule has 0 fully saturated rings. The van der Waals surface area contributed by atoms with Crippen molar-refractivity contribution in [2.45, 2.75) is 4.90 Å². The fourth-order valence-corrected chi connectivity index (χ4v) is 1.95. The van der Waals surface area contributed by atoms with Gasteiger partial charge in [0.1, 0.15) is 6.07 Å². The van der Waals surface area contributed by atoms with Crippen LogP contribution < -0.4 is 0 Å². The average molecular weight is 244 g/mol. The van der Waals surface area contributed by atoms with Gasteiger partial charge in [0, 0.05) is 6.26 Å². The molecule has 0 radical (unpaired) electrons. The summed E-state index contributed by atoms with van der Waals surface area (Å²) in [4.78, 5) is 11.0. The first-order valence-corrected chi connectivity index (χ1v) is 6.07. The van der Waals surface area contributed by atoms with E-state index in [9.17, 15) is 13.2 Å². The van der Waals surface area contributed by atoms with Crippen LogP contribution in [0.3, 0.4) is 0 Å². The highest BCUT2D eigenvalue weighted by Crippen LogP contribution is 2.21. The lowest BCUT2D eigenvalue weighted by atomic mass is 10.1. The number of halogens is 1. The van der Waals surface area contributed by atoms with Crippen LogP contribution in [-0.2, 0) is 9.84 Å². The molecule has 0 saturated heterocycles. The van der Waals surface area contributed by atoms with Crippen molar-refractivity contribution in [3.8, 4) is 6.07 Å². The van der Waals surface area contributed by atoms with E-state index in [1.807, 2.05) is 0 Å². The minimum atomic E-state index is -3.35. The molecule has 1 rings (SSSR count). The zero-order valence-corrected chi connectivity index (χ0v) is 9.26. The summed E-state index contributed by atoms with van der Waals surface area (Å²) >= 11 is 5.67. The van der Waals surface area contributed by atoms with E-state index in [0.29, 0.717) is 0 Å². The summed E-state index contributed by atoms with van der Waals surface area (Å²) in [6.45, 7) is 0. The predicted molar refractivity (Wildman–Crippen MR) is 54.5 cm³/mol. The second-order valence-electron chi connectivity index (χ2n) is 2.85. The fraction of sp³-hybridized carbons (Fsp3) is 0.111. The second kappa shape index (κ2) is 4.01. The van der Waals surface area contributed by atoms with Crippen LogP contribution in [0.5, 0.6) is 0 Å². The van der Waals surface area contributed by atoms with Crippen LogP contribution in [0.2, 0.25) is 5.02 Å². The minimum Gasteiger partial charge on any atom is -0.277 e. The van der Waals surface area contributed by atoms with E-state index in [2.05, 4.69) is 0 Å². The molecule has 0 spiro atoms. The third kappa shape index (κ3) is 2.55. The third-order valence-corrected chi connectivity index (χ3v) is 3.14. The van der Waals surface area contributed by atoms with Crippen LogP contribution >= 0.6 is 11.6 Å². The van der Waals surface area contributed by atoms with Gasteiger partial charge in [-0.1, -0.05) is 11.6 Å². The molecule has 0 aliphatic rings. The fourth-order valence-electron chi connectivity index (χ4n) is 0.971. The Labute approximate surface area is 92.0 Å². The van der Waals surface area contributed by atoms with Crippen LogP contribution in [0.25, 0.3) is 0 Å². The van der Waals surface area contributed by atoms with Gasteiger partial charge >= 0.3 is 0 Å². The van der Waals surface area contributed by atoms with Crippen LogP contribution in [0.4, 0.5) is 0 Å². The normalized spacial score (nSPS) is 10.7. The first-order chi connectivity index (χ1) is 6.86. The lowest BCUT2D eigenvalue weighted by Crippen LogP contribution is -2.00. The maximum Gasteiger partial charge on any atom is 0.263 e. The Bertz CT molecular complexity index is 557. The smallest absolute Gasteiger partial charge is 0.263 e. The standard InChI is InChI=1S/C9H6ClNO3S/c1-15(13,14)6-2-3-7(8(10)4-6)9(12)5-11/h2-4H,1H3. The molecule has 1 aromatic carbocycles. The molecular weight excluding hydrogens is 238 g/mol. The molecule has 0 saturated carbocycles. The number of benzene rings is 1. The minimum absolute atomic E-state index is 0.00608. The van der Waals surface area contributed by atoms with Crippen molar-refractivity contribution >= 4 is 27.2 Å². The zero-order chi connectivity index (χ0) is 11.6. The molecule has 0 heterocycles. The Balaban J connectivity index is 3.34. The number of rotatable bonds is 2. The van der Waals surface area contributed by atoms with E-state index in [4.69, 9.17) is 16.9 Å². The summed E-state index contributed by atoms with van der Waals surface area (Å²) < 4.78 is 22.3. The van der Waals surface area contributed by atoms with Crippen molar-refractivity contribution in [3.05, 3.63) is 28.8 Å². The van der Waals surface area contributed by atoms with Gasteiger partial charge in [0.05, 0.1) is 15.5 Å². The summed E-state index contributed by atoms with van der Waals surface area (Å²) in [5.74, 6) is -0.792. The highest BCUT2D eigenvalue weighted by atomic mass is 35.5. The molecule has 0 N–H and O–H groups in total. The zero-order valence-electron chi connectivity index (χ0n) is 7.69. The molecule has 1 aromatic rings. The Morgan fingerprint density at radius 3 is 2.47 bits per heavy atom. The maximum absolute atomic E-state index is 11.1. The van der Waals surface area contributed by atoms with Crippen molar-refractivity contribution in [1.29, 1.82) is 5.26 Å². The Morgan fingerprint density at radius 2 is 2.07 bits per heavy atom. The largest absolute Gasteiger partial charge is 0.277 e. The molecule has 0 bridgehead atoms. The lowest BCUT2D eigenvalue weighted by Gasteiger charge is -2.01. The van der Waals surface area contributed by atoms with Gasteiger partial charge in [-0.25, -0.2) is 8.42 Å². The number of nitriles is 1. The highest BCUT2D eigenvalue weighted by Gasteiger charge is 2.13. The maximum atomic E-state index is 11.1. The number of carbonyl (C=O) groups is 1. The number of ketones is 1. The Kier molecular flexibility index (Phi) is 3.12. The van der Waals surface area contributed by atoms with Crippen LogP contribution in [0.15, 0.2) is 23.1 Å². The van der Waals surface area contributed by atoms with Crippen LogP contribution in [0.1, 0.15) is 10.4 Å². The van der Waals surface area contributed by atoms with E-state index in [1.54, 1.807) is 0 Å². The van der Waals surface area contributed by atoms with E-state index < -0.39 is 15.6 Å². The van der Waals surface area contributed by atoms with Gasteiger partial charge in [-0.15, -0.1) is 0 Å². The van der Waals surface area contributed by atoms with Gasteiger partial charge in [0.2, 0.25) is 0 Å². The number of hydrogen-bond acceptors (Lipinski definition) is 4. The van der Waals surface area contributed by atoms with Crippen molar-refractivity contribution in [1.82, 2.24) is 0 Å². The molecule has 0 unspecified atom stereocenters. The number of hydrogen-bond donors (Lipinski definition) is 0. The molecule has 0 amide bonds. The van der Waals surface area contributed by atoms with E-state index >= 15 is 0 Å². The third-order valence-electron chi connectivity index (χ3n) is 1.71. The molecule has 78 valence electrons. The number of Topliss-reactive ketones (excluding diaryl/α,β-unsaturated/α-hetero) is 1. The first-order valence-electron chi connectivity index (χ1n) is 3.80. The first kappa shape index (κ1) is 11.7. The van der Waals surface area contributed by atoms with Crippen LogP contribution in [-0.4, -0.2) is 20.5 Å². The van der Waals surface area contributed by atoms with Crippen molar-refractivity contribution in [2.24, 2.45) is 0 Å². The summed E-state index contributed by atoms with van der Waals surface area (Å²) in [5.41, 5.74) is 0.00608. The van der Waals surface area contributed by atoms with Gasteiger partial charge in [-0.3, -0.25) is 4.79 Å². The Morgan fingerprint density at radius 1 is 1.47 bits per heavy atom. The van der Waals surface area contributed by atoms with Gasteiger partial charge in [-0.05, 0) is 18.2 Å². The molecule has 6 heteroatoms. The Hall–Kier alpha value is -1.38. The van der Waals surface area contributed by atoms with E-state index in [1.165, 1.54) is 18.2 Å². The summed E-state index contributed by atoms with van der Waals surface area (Å²) in [6, 6.07) is 5.03. The summed E-state index contributed by atoms with van der Waals surface area (Å²) in [5, 5.41) is 8.33. The lowest BCUT2D eigenvalue weighted by molar-refractivity contribution is 0.105. The van der Waals surface area contributed by atoms with Crippen molar-refractivity contribution in [3.63, 3.8) is 0 Å². The number of sulfone groups is 1. The monoisotopic (exact) mass is 243 g/mol. The van der Waals surface area contributed by atoms with Crippen molar-refractivity contribution in [2.75, 3.05) is 6.26 Å². The molecular formula is C9H6ClNO3S. The molecule has 0 atom stereocenters. The topological polar surface area (TPSA) is 75.0 Å². The van der Waals surface area contributed by atoms with E-state index in [-0.39, 0.29) is 15.5 Å². The SMILES string of the molecule is CS(=O)(=O)c1ccc(C(=O)C#N)c(Cl)c1.